The number of hydrogen-bond acceptors (Lipinski definition) is 3. The number of nitrogens with one attached hydrogen (secondary N) is 1. The van der Waals surface area contributed by atoms with Crippen LogP contribution < -0.4 is 5.32 Å². The summed E-state index contributed by atoms with van der Waals surface area (Å²) in [4.78, 5) is 4.28. The van der Waals surface area contributed by atoms with Gasteiger partial charge in [0.25, 0.3) is 0 Å². The standard InChI is InChI=1S/C11H20N4/c1-8(2)6-15-11(13-7-14-15)5-12-10-4-9(10)3/h7-10,12H,4-6H2,1-3H3. The predicted molar refractivity (Wildman–Crippen MR) is 59.3 cm³/mol. The summed E-state index contributed by atoms with van der Waals surface area (Å²) in [5.74, 6) is 2.51. The van der Waals surface area contributed by atoms with Gasteiger partial charge < -0.3 is 5.32 Å². The maximum atomic E-state index is 4.28. The molecule has 1 aromatic heterocycles. The molecule has 1 saturated carbocycles. The summed E-state index contributed by atoms with van der Waals surface area (Å²) in [6.07, 6.45) is 2.95. The molecule has 15 heavy (non-hydrogen) atoms. The highest BCUT2D eigenvalue weighted by molar-refractivity contribution is 4.93. The predicted octanol–water partition coefficient (Wildman–Crippen LogP) is 1.43. The average molecular weight is 208 g/mol. The zero-order valence-electron chi connectivity index (χ0n) is 9.77. The van der Waals surface area contributed by atoms with E-state index >= 15 is 0 Å². The van der Waals surface area contributed by atoms with Crippen LogP contribution >= 0.6 is 0 Å². The van der Waals surface area contributed by atoms with Gasteiger partial charge >= 0.3 is 0 Å². The van der Waals surface area contributed by atoms with E-state index in [0.29, 0.717) is 12.0 Å². The van der Waals surface area contributed by atoms with Crippen molar-refractivity contribution in [3.63, 3.8) is 0 Å². The van der Waals surface area contributed by atoms with Gasteiger partial charge in [0, 0.05) is 12.6 Å². The topological polar surface area (TPSA) is 42.7 Å². The molecule has 0 aliphatic heterocycles. The van der Waals surface area contributed by atoms with Crippen molar-refractivity contribution in [1.29, 1.82) is 0 Å². The molecule has 1 aliphatic carbocycles. The Labute approximate surface area is 91.1 Å². The number of aromatic nitrogens is 3. The second kappa shape index (κ2) is 4.31. The Hall–Kier alpha value is -0.900. The molecule has 1 heterocycles. The van der Waals surface area contributed by atoms with Gasteiger partial charge in [-0.15, -0.1) is 0 Å². The molecular formula is C11H20N4. The molecule has 1 fully saturated rings. The van der Waals surface area contributed by atoms with Crippen LogP contribution in [0.25, 0.3) is 0 Å². The fourth-order valence-electron chi connectivity index (χ4n) is 1.75. The minimum atomic E-state index is 0.616. The van der Waals surface area contributed by atoms with Gasteiger partial charge in [-0.2, -0.15) is 5.10 Å². The Morgan fingerprint density at radius 1 is 1.60 bits per heavy atom. The Morgan fingerprint density at radius 3 is 2.93 bits per heavy atom. The maximum absolute atomic E-state index is 4.28. The summed E-state index contributed by atoms with van der Waals surface area (Å²) in [5.41, 5.74) is 0. The Bertz CT molecular complexity index is 318. The summed E-state index contributed by atoms with van der Waals surface area (Å²) < 4.78 is 2.00. The van der Waals surface area contributed by atoms with Crippen LogP contribution in [0.15, 0.2) is 6.33 Å². The van der Waals surface area contributed by atoms with Crippen LogP contribution in [-0.4, -0.2) is 20.8 Å². The van der Waals surface area contributed by atoms with Crippen molar-refractivity contribution in [2.24, 2.45) is 11.8 Å². The fourth-order valence-corrected chi connectivity index (χ4v) is 1.75. The SMILES string of the molecule is CC(C)Cn1ncnc1CNC1CC1C. The van der Waals surface area contributed by atoms with Crippen LogP contribution in [0, 0.1) is 11.8 Å². The van der Waals surface area contributed by atoms with E-state index < -0.39 is 0 Å². The average Bonchev–Trinajstić information content (AvgIpc) is 2.69. The lowest BCUT2D eigenvalue weighted by Gasteiger charge is -2.08. The van der Waals surface area contributed by atoms with E-state index in [4.69, 9.17) is 0 Å². The van der Waals surface area contributed by atoms with Crippen LogP contribution in [0.1, 0.15) is 33.0 Å². The highest BCUT2D eigenvalue weighted by Gasteiger charge is 2.31. The van der Waals surface area contributed by atoms with E-state index in [0.717, 1.165) is 24.8 Å². The largest absolute Gasteiger partial charge is 0.307 e. The fraction of sp³-hybridized carbons (Fsp3) is 0.818. The number of rotatable bonds is 5. The van der Waals surface area contributed by atoms with E-state index in [9.17, 15) is 0 Å². The zero-order chi connectivity index (χ0) is 10.8. The number of nitrogens with zero attached hydrogens (tertiary/aromatic N) is 3. The van der Waals surface area contributed by atoms with Crippen LogP contribution in [0.2, 0.25) is 0 Å². The summed E-state index contributed by atoms with van der Waals surface area (Å²) in [6, 6.07) is 0.703. The van der Waals surface area contributed by atoms with E-state index in [2.05, 4.69) is 36.2 Å². The van der Waals surface area contributed by atoms with Crippen molar-refractivity contribution >= 4 is 0 Å². The summed E-state index contributed by atoms with van der Waals surface area (Å²) >= 11 is 0. The molecule has 1 N–H and O–H groups in total. The van der Waals surface area contributed by atoms with Gasteiger partial charge in [-0.1, -0.05) is 20.8 Å². The van der Waals surface area contributed by atoms with Crippen LogP contribution in [0.3, 0.4) is 0 Å². The zero-order valence-corrected chi connectivity index (χ0v) is 9.77. The third-order valence-electron chi connectivity index (χ3n) is 2.87. The molecule has 2 atom stereocenters. The highest BCUT2D eigenvalue weighted by Crippen LogP contribution is 2.29. The molecule has 0 spiro atoms. The van der Waals surface area contributed by atoms with Crippen LogP contribution in [0.5, 0.6) is 0 Å². The second-order valence-corrected chi connectivity index (χ2v) is 4.95. The Morgan fingerprint density at radius 2 is 2.33 bits per heavy atom. The van der Waals surface area contributed by atoms with Crippen molar-refractivity contribution in [2.45, 2.75) is 46.3 Å². The quantitative estimate of drug-likeness (QED) is 0.796. The molecule has 1 aliphatic rings. The van der Waals surface area contributed by atoms with Crippen molar-refractivity contribution in [2.75, 3.05) is 0 Å². The monoisotopic (exact) mass is 208 g/mol. The molecule has 0 aromatic carbocycles. The van der Waals surface area contributed by atoms with E-state index in [1.54, 1.807) is 6.33 Å². The van der Waals surface area contributed by atoms with Gasteiger partial charge in [0.15, 0.2) is 0 Å². The molecule has 0 saturated heterocycles. The lowest BCUT2D eigenvalue weighted by Crippen LogP contribution is -2.21. The Kier molecular flexibility index (Phi) is 3.05. The van der Waals surface area contributed by atoms with Gasteiger partial charge in [0.1, 0.15) is 12.2 Å². The Balaban J connectivity index is 1.87. The first-order valence-electron chi connectivity index (χ1n) is 5.77. The van der Waals surface area contributed by atoms with Crippen molar-refractivity contribution in [3.8, 4) is 0 Å². The summed E-state index contributed by atoms with van der Waals surface area (Å²) in [5, 5.41) is 7.74. The van der Waals surface area contributed by atoms with Crippen molar-refractivity contribution < 1.29 is 0 Å². The van der Waals surface area contributed by atoms with Crippen LogP contribution in [0.4, 0.5) is 0 Å². The molecule has 2 unspecified atom stereocenters. The lowest BCUT2D eigenvalue weighted by molar-refractivity contribution is 0.456. The summed E-state index contributed by atoms with van der Waals surface area (Å²) in [6.45, 7) is 8.47. The van der Waals surface area contributed by atoms with Gasteiger partial charge in [-0.3, -0.25) is 0 Å². The molecule has 0 radical (unpaired) electrons. The molecule has 0 bridgehead atoms. The van der Waals surface area contributed by atoms with Gasteiger partial charge in [0.05, 0.1) is 6.54 Å². The lowest BCUT2D eigenvalue weighted by atomic mass is 10.2. The van der Waals surface area contributed by atoms with Gasteiger partial charge in [-0.25, -0.2) is 9.67 Å². The second-order valence-electron chi connectivity index (χ2n) is 4.95. The van der Waals surface area contributed by atoms with Crippen molar-refractivity contribution in [1.82, 2.24) is 20.1 Å². The van der Waals surface area contributed by atoms with E-state index in [1.165, 1.54) is 6.42 Å². The molecule has 4 heteroatoms. The molecule has 84 valence electrons. The van der Waals surface area contributed by atoms with E-state index in [1.807, 2.05) is 4.68 Å². The highest BCUT2D eigenvalue weighted by atomic mass is 15.3. The normalized spacial score (nSPS) is 24.8. The molecular weight excluding hydrogens is 188 g/mol. The minimum absolute atomic E-state index is 0.616. The first kappa shape index (κ1) is 10.6. The minimum Gasteiger partial charge on any atom is -0.307 e. The van der Waals surface area contributed by atoms with Crippen molar-refractivity contribution in [3.05, 3.63) is 12.2 Å². The third kappa shape index (κ3) is 2.78. The first-order valence-corrected chi connectivity index (χ1v) is 5.77. The third-order valence-corrected chi connectivity index (χ3v) is 2.87. The molecule has 0 amide bonds. The molecule has 2 rings (SSSR count). The number of hydrogen-bond donors (Lipinski definition) is 1. The van der Waals surface area contributed by atoms with Crippen LogP contribution in [-0.2, 0) is 13.1 Å². The summed E-state index contributed by atoms with van der Waals surface area (Å²) in [7, 11) is 0. The van der Waals surface area contributed by atoms with Gasteiger partial charge in [-0.05, 0) is 18.3 Å². The smallest absolute Gasteiger partial charge is 0.140 e. The molecule has 1 aromatic rings. The first-order chi connectivity index (χ1) is 7.16. The molecule has 4 nitrogen and oxygen atoms in total. The maximum Gasteiger partial charge on any atom is 0.140 e. The van der Waals surface area contributed by atoms with Gasteiger partial charge in [0.2, 0.25) is 0 Å². The van der Waals surface area contributed by atoms with E-state index in [-0.39, 0.29) is 0 Å².